The number of nitrogens with one attached hydrogen (secondary N) is 1. The van der Waals surface area contributed by atoms with Crippen LogP contribution >= 0.6 is 0 Å². The molecule has 0 aliphatic rings. The molecule has 0 aromatic carbocycles. The van der Waals surface area contributed by atoms with E-state index in [-0.39, 0.29) is 5.91 Å². The van der Waals surface area contributed by atoms with Crippen LogP contribution in [0, 0.1) is 0 Å². The Morgan fingerprint density at radius 2 is 1.84 bits per heavy atom. The van der Waals surface area contributed by atoms with Crippen molar-refractivity contribution in [1.82, 2.24) is 14.9 Å². The van der Waals surface area contributed by atoms with Crippen LogP contribution in [0.25, 0.3) is 0 Å². The predicted molar refractivity (Wildman–Crippen MR) is 77.3 cm³/mol. The van der Waals surface area contributed by atoms with Crippen molar-refractivity contribution in [3.05, 3.63) is 18.0 Å². The number of carbonyl (C=O) groups excluding carboxylic acids is 1. The van der Waals surface area contributed by atoms with Gasteiger partial charge in [-0.25, -0.2) is 9.97 Å². The number of amides is 1. The van der Waals surface area contributed by atoms with Crippen LogP contribution in [0.5, 0.6) is 0 Å². The van der Waals surface area contributed by atoms with Crippen molar-refractivity contribution in [2.45, 2.75) is 39.5 Å². The van der Waals surface area contributed by atoms with E-state index in [0.717, 1.165) is 38.8 Å². The number of nitrogens with zero attached hydrogens (tertiary/aromatic N) is 3. The SMILES string of the molecule is CCCCNc1ncc(C(=O)N(C)CCCC)cn1. The van der Waals surface area contributed by atoms with Crippen molar-refractivity contribution in [1.29, 1.82) is 0 Å². The molecule has 1 amide bonds. The van der Waals surface area contributed by atoms with Crippen LogP contribution in [0.2, 0.25) is 0 Å². The van der Waals surface area contributed by atoms with Crippen molar-refractivity contribution in [3.8, 4) is 0 Å². The first-order valence-electron chi connectivity index (χ1n) is 7.00. The zero-order valence-corrected chi connectivity index (χ0v) is 12.1. The number of hydrogen-bond donors (Lipinski definition) is 1. The Labute approximate surface area is 115 Å². The van der Waals surface area contributed by atoms with Crippen LogP contribution in [0.4, 0.5) is 5.95 Å². The highest BCUT2D eigenvalue weighted by atomic mass is 16.2. The van der Waals surface area contributed by atoms with Gasteiger partial charge in [0.1, 0.15) is 0 Å². The van der Waals surface area contributed by atoms with E-state index in [9.17, 15) is 4.79 Å². The Morgan fingerprint density at radius 1 is 1.21 bits per heavy atom. The van der Waals surface area contributed by atoms with Crippen LogP contribution in [-0.4, -0.2) is 40.9 Å². The van der Waals surface area contributed by atoms with E-state index >= 15 is 0 Å². The molecular formula is C14H24N4O. The Bertz CT molecular complexity index is 378. The first-order valence-corrected chi connectivity index (χ1v) is 7.00. The van der Waals surface area contributed by atoms with Crippen molar-refractivity contribution in [2.75, 3.05) is 25.5 Å². The molecule has 0 saturated heterocycles. The summed E-state index contributed by atoms with van der Waals surface area (Å²) in [5.41, 5.74) is 0.541. The normalized spacial score (nSPS) is 10.3. The molecule has 5 heteroatoms. The van der Waals surface area contributed by atoms with Gasteiger partial charge in [-0.05, 0) is 12.8 Å². The minimum Gasteiger partial charge on any atom is -0.354 e. The molecule has 1 rings (SSSR count). The molecule has 0 atom stereocenters. The van der Waals surface area contributed by atoms with E-state index in [4.69, 9.17) is 0 Å². The van der Waals surface area contributed by atoms with Gasteiger partial charge in [-0.1, -0.05) is 26.7 Å². The van der Waals surface area contributed by atoms with Gasteiger partial charge in [-0.3, -0.25) is 4.79 Å². The Hall–Kier alpha value is -1.65. The van der Waals surface area contributed by atoms with Gasteiger partial charge in [0.15, 0.2) is 0 Å². The van der Waals surface area contributed by atoms with E-state index in [2.05, 4.69) is 29.1 Å². The Balaban J connectivity index is 2.52. The van der Waals surface area contributed by atoms with Crippen LogP contribution in [-0.2, 0) is 0 Å². The summed E-state index contributed by atoms with van der Waals surface area (Å²) in [6.07, 6.45) is 7.49. The molecule has 1 heterocycles. The summed E-state index contributed by atoms with van der Waals surface area (Å²) >= 11 is 0. The molecule has 0 unspecified atom stereocenters. The maximum Gasteiger partial charge on any atom is 0.256 e. The monoisotopic (exact) mass is 264 g/mol. The number of rotatable bonds is 8. The minimum atomic E-state index is -0.0199. The van der Waals surface area contributed by atoms with Gasteiger partial charge < -0.3 is 10.2 Å². The minimum absolute atomic E-state index is 0.0199. The number of anilines is 1. The molecule has 0 aliphatic heterocycles. The lowest BCUT2D eigenvalue weighted by Gasteiger charge is -2.16. The number of aromatic nitrogens is 2. The van der Waals surface area contributed by atoms with Crippen LogP contribution in [0.3, 0.4) is 0 Å². The van der Waals surface area contributed by atoms with Gasteiger partial charge in [0.2, 0.25) is 5.95 Å². The second-order valence-electron chi connectivity index (χ2n) is 4.66. The highest BCUT2D eigenvalue weighted by molar-refractivity contribution is 5.93. The lowest BCUT2D eigenvalue weighted by molar-refractivity contribution is 0.0792. The summed E-state index contributed by atoms with van der Waals surface area (Å²) in [5.74, 6) is 0.565. The van der Waals surface area contributed by atoms with Gasteiger partial charge in [0, 0.05) is 32.5 Å². The summed E-state index contributed by atoms with van der Waals surface area (Å²) < 4.78 is 0. The first kappa shape index (κ1) is 15.4. The highest BCUT2D eigenvalue weighted by Crippen LogP contribution is 2.05. The molecule has 0 fully saturated rings. The molecule has 0 saturated carbocycles. The topological polar surface area (TPSA) is 58.1 Å². The zero-order chi connectivity index (χ0) is 14.1. The molecule has 0 aliphatic carbocycles. The quantitative estimate of drug-likeness (QED) is 0.733. The predicted octanol–water partition coefficient (Wildman–Crippen LogP) is 2.56. The van der Waals surface area contributed by atoms with E-state index in [0.29, 0.717) is 11.5 Å². The van der Waals surface area contributed by atoms with Crippen LogP contribution in [0.15, 0.2) is 12.4 Å². The van der Waals surface area contributed by atoms with Gasteiger partial charge in [0.05, 0.1) is 5.56 Å². The Kier molecular flexibility index (Phi) is 6.85. The van der Waals surface area contributed by atoms with E-state index in [1.54, 1.807) is 17.3 Å². The standard InChI is InChI=1S/C14H24N4O/c1-4-6-8-15-14-16-10-12(11-17-14)13(19)18(3)9-7-5-2/h10-11H,4-9H2,1-3H3,(H,15,16,17). The first-order chi connectivity index (χ1) is 9.19. The van der Waals surface area contributed by atoms with Crippen molar-refractivity contribution < 1.29 is 4.79 Å². The second-order valence-corrected chi connectivity index (χ2v) is 4.66. The summed E-state index contributed by atoms with van der Waals surface area (Å²) in [5, 5.41) is 3.13. The van der Waals surface area contributed by atoms with Gasteiger partial charge in [0.25, 0.3) is 5.91 Å². The van der Waals surface area contributed by atoms with Gasteiger partial charge >= 0.3 is 0 Å². The third-order valence-electron chi connectivity index (χ3n) is 2.91. The average molecular weight is 264 g/mol. The van der Waals surface area contributed by atoms with Gasteiger partial charge in [-0.2, -0.15) is 0 Å². The van der Waals surface area contributed by atoms with Crippen LogP contribution < -0.4 is 5.32 Å². The summed E-state index contributed by atoms with van der Waals surface area (Å²) in [6.45, 7) is 5.88. The Morgan fingerprint density at radius 3 is 2.42 bits per heavy atom. The van der Waals surface area contributed by atoms with Crippen LogP contribution in [0.1, 0.15) is 49.9 Å². The average Bonchev–Trinajstić information content (AvgIpc) is 2.45. The fraction of sp³-hybridized carbons (Fsp3) is 0.643. The van der Waals surface area contributed by atoms with E-state index < -0.39 is 0 Å². The molecule has 0 spiro atoms. The van der Waals surface area contributed by atoms with Crippen molar-refractivity contribution >= 4 is 11.9 Å². The molecule has 106 valence electrons. The second kappa shape index (κ2) is 8.45. The number of unbranched alkanes of at least 4 members (excludes halogenated alkanes) is 2. The summed E-state index contributed by atoms with van der Waals surface area (Å²) in [6, 6.07) is 0. The number of hydrogen-bond acceptors (Lipinski definition) is 4. The fourth-order valence-electron chi connectivity index (χ4n) is 1.62. The van der Waals surface area contributed by atoms with Gasteiger partial charge in [-0.15, -0.1) is 0 Å². The largest absolute Gasteiger partial charge is 0.354 e. The molecule has 19 heavy (non-hydrogen) atoms. The van der Waals surface area contributed by atoms with E-state index in [1.165, 1.54) is 0 Å². The molecule has 5 nitrogen and oxygen atoms in total. The van der Waals surface area contributed by atoms with Crippen molar-refractivity contribution in [3.63, 3.8) is 0 Å². The fourth-order valence-corrected chi connectivity index (χ4v) is 1.62. The summed E-state index contributed by atoms with van der Waals surface area (Å²) in [7, 11) is 1.81. The lowest BCUT2D eigenvalue weighted by Crippen LogP contribution is -2.28. The maximum atomic E-state index is 12.0. The van der Waals surface area contributed by atoms with E-state index in [1.807, 2.05) is 7.05 Å². The molecule has 0 radical (unpaired) electrons. The third kappa shape index (κ3) is 5.24. The summed E-state index contributed by atoms with van der Waals surface area (Å²) in [4.78, 5) is 22.1. The van der Waals surface area contributed by atoms with Crippen molar-refractivity contribution in [2.24, 2.45) is 0 Å². The molecule has 1 aromatic rings. The molecule has 1 N–H and O–H groups in total. The zero-order valence-electron chi connectivity index (χ0n) is 12.1. The molecule has 0 bridgehead atoms. The maximum absolute atomic E-state index is 12.0. The third-order valence-corrected chi connectivity index (χ3v) is 2.91. The molecular weight excluding hydrogens is 240 g/mol. The smallest absolute Gasteiger partial charge is 0.256 e. The number of carbonyl (C=O) groups is 1. The highest BCUT2D eigenvalue weighted by Gasteiger charge is 2.11. The molecule has 1 aromatic heterocycles. The lowest BCUT2D eigenvalue weighted by atomic mass is 10.2.